The fourth-order valence-corrected chi connectivity index (χ4v) is 1.59. The summed E-state index contributed by atoms with van der Waals surface area (Å²) in [7, 11) is 1.72. The predicted molar refractivity (Wildman–Crippen MR) is 57.3 cm³/mol. The van der Waals surface area contributed by atoms with Gasteiger partial charge in [0.25, 0.3) is 0 Å². The molecule has 0 atom stereocenters. The third kappa shape index (κ3) is 1.75. The van der Waals surface area contributed by atoms with Gasteiger partial charge < -0.3 is 4.74 Å². The van der Waals surface area contributed by atoms with Gasteiger partial charge in [0.05, 0.1) is 6.61 Å². The minimum Gasteiger partial charge on any atom is -0.384 e. The van der Waals surface area contributed by atoms with Crippen LogP contribution in [0.4, 0.5) is 0 Å². The van der Waals surface area contributed by atoms with Crippen LogP contribution >= 0.6 is 0 Å². The zero-order chi connectivity index (χ0) is 9.80. The van der Waals surface area contributed by atoms with Crippen molar-refractivity contribution in [3.8, 4) is 0 Å². The topological polar surface area (TPSA) is 22.1 Å². The van der Waals surface area contributed by atoms with E-state index in [-0.39, 0.29) is 0 Å². The standard InChI is InChI=1S/C12H13NO/c1-14-7-6-11-9-13-8-10-4-2-3-5-12(10)11/h2-5,8-9H,6-7H2,1H3. The molecule has 0 aliphatic carbocycles. The lowest BCUT2D eigenvalue weighted by Crippen LogP contribution is -1.96. The molecule has 1 heterocycles. The average molecular weight is 187 g/mol. The second kappa shape index (κ2) is 4.20. The quantitative estimate of drug-likeness (QED) is 0.736. The Hall–Kier alpha value is -1.41. The van der Waals surface area contributed by atoms with E-state index < -0.39 is 0 Å². The third-order valence-electron chi connectivity index (χ3n) is 2.33. The summed E-state index contributed by atoms with van der Waals surface area (Å²) in [6, 6.07) is 8.30. The van der Waals surface area contributed by atoms with Gasteiger partial charge in [-0.1, -0.05) is 24.3 Å². The number of fused-ring (bicyclic) bond motifs is 1. The Kier molecular flexibility index (Phi) is 2.75. The van der Waals surface area contributed by atoms with Crippen molar-refractivity contribution < 1.29 is 4.74 Å². The maximum Gasteiger partial charge on any atom is 0.0503 e. The summed E-state index contributed by atoms with van der Waals surface area (Å²) < 4.78 is 5.07. The molecular weight excluding hydrogens is 174 g/mol. The van der Waals surface area contributed by atoms with Crippen molar-refractivity contribution in [2.24, 2.45) is 0 Å². The van der Waals surface area contributed by atoms with Crippen molar-refractivity contribution in [3.05, 3.63) is 42.2 Å². The SMILES string of the molecule is COCCc1cncc2ccccc12. The van der Waals surface area contributed by atoms with Crippen molar-refractivity contribution in [2.45, 2.75) is 6.42 Å². The van der Waals surface area contributed by atoms with Gasteiger partial charge in [0, 0.05) is 24.9 Å². The molecule has 0 bridgehead atoms. The van der Waals surface area contributed by atoms with Crippen molar-refractivity contribution in [2.75, 3.05) is 13.7 Å². The van der Waals surface area contributed by atoms with E-state index in [1.54, 1.807) is 7.11 Å². The Morgan fingerprint density at radius 1 is 1.21 bits per heavy atom. The van der Waals surface area contributed by atoms with Crippen molar-refractivity contribution >= 4 is 10.8 Å². The highest BCUT2D eigenvalue weighted by Crippen LogP contribution is 2.17. The Bertz CT molecular complexity index is 420. The smallest absolute Gasteiger partial charge is 0.0503 e. The fraction of sp³-hybridized carbons (Fsp3) is 0.250. The molecule has 0 N–H and O–H groups in total. The van der Waals surface area contributed by atoms with Crippen LogP contribution in [0.2, 0.25) is 0 Å². The summed E-state index contributed by atoms with van der Waals surface area (Å²) in [5, 5.41) is 2.47. The van der Waals surface area contributed by atoms with Crippen LogP contribution in [-0.2, 0) is 11.2 Å². The summed E-state index contributed by atoms with van der Waals surface area (Å²) in [6.45, 7) is 0.746. The first-order valence-electron chi connectivity index (χ1n) is 4.72. The first kappa shape index (κ1) is 9.16. The monoisotopic (exact) mass is 187 g/mol. The molecule has 72 valence electrons. The van der Waals surface area contributed by atoms with Crippen LogP contribution in [0, 0.1) is 0 Å². The number of nitrogens with zero attached hydrogens (tertiary/aromatic N) is 1. The van der Waals surface area contributed by atoms with Crippen LogP contribution < -0.4 is 0 Å². The molecule has 0 saturated heterocycles. The molecule has 0 fully saturated rings. The van der Waals surface area contributed by atoms with E-state index in [1.807, 2.05) is 18.5 Å². The second-order valence-electron chi connectivity index (χ2n) is 3.26. The first-order valence-corrected chi connectivity index (χ1v) is 4.72. The van der Waals surface area contributed by atoms with Gasteiger partial charge in [-0.15, -0.1) is 0 Å². The van der Waals surface area contributed by atoms with Gasteiger partial charge in [-0.2, -0.15) is 0 Å². The summed E-state index contributed by atoms with van der Waals surface area (Å²) in [6.07, 6.45) is 4.73. The lowest BCUT2D eigenvalue weighted by Gasteiger charge is -2.04. The average Bonchev–Trinajstić information content (AvgIpc) is 2.26. The van der Waals surface area contributed by atoms with E-state index >= 15 is 0 Å². The summed E-state index contributed by atoms with van der Waals surface area (Å²) in [4.78, 5) is 4.21. The predicted octanol–water partition coefficient (Wildman–Crippen LogP) is 2.42. The number of pyridine rings is 1. The second-order valence-corrected chi connectivity index (χ2v) is 3.26. The molecule has 0 aliphatic heterocycles. The van der Waals surface area contributed by atoms with Crippen molar-refractivity contribution in [1.29, 1.82) is 0 Å². The van der Waals surface area contributed by atoms with Crippen molar-refractivity contribution in [1.82, 2.24) is 4.98 Å². The van der Waals surface area contributed by atoms with Gasteiger partial charge in [-0.3, -0.25) is 4.98 Å². The molecule has 0 unspecified atom stereocenters. The maximum atomic E-state index is 5.07. The molecular formula is C12H13NO. The lowest BCUT2D eigenvalue weighted by atomic mass is 10.1. The number of ether oxygens (including phenoxy) is 1. The fourth-order valence-electron chi connectivity index (χ4n) is 1.59. The number of hydrogen-bond donors (Lipinski definition) is 0. The number of aromatic nitrogens is 1. The van der Waals surface area contributed by atoms with Gasteiger partial charge in [0.2, 0.25) is 0 Å². The highest BCUT2D eigenvalue weighted by atomic mass is 16.5. The molecule has 1 aromatic heterocycles. The Morgan fingerprint density at radius 2 is 2.07 bits per heavy atom. The van der Waals surface area contributed by atoms with Crippen LogP contribution in [0.3, 0.4) is 0 Å². The van der Waals surface area contributed by atoms with E-state index in [4.69, 9.17) is 4.74 Å². The molecule has 14 heavy (non-hydrogen) atoms. The zero-order valence-electron chi connectivity index (χ0n) is 8.23. The third-order valence-corrected chi connectivity index (χ3v) is 2.33. The van der Waals surface area contributed by atoms with E-state index in [1.165, 1.54) is 16.3 Å². The Morgan fingerprint density at radius 3 is 2.93 bits per heavy atom. The molecule has 0 saturated carbocycles. The summed E-state index contributed by atoms with van der Waals surface area (Å²) >= 11 is 0. The first-order chi connectivity index (χ1) is 6.92. The molecule has 0 amide bonds. The van der Waals surface area contributed by atoms with Crippen LogP contribution in [0.25, 0.3) is 10.8 Å². The van der Waals surface area contributed by atoms with Crippen molar-refractivity contribution in [3.63, 3.8) is 0 Å². The van der Waals surface area contributed by atoms with Crippen LogP contribution in [0.1, 0.15) is 5.56 Å². The van der Waals surface area contributed by atoms with E-state index in [9.17, 15) is 0 Å². The summed E-state index contributed by atoms with van der Waals surface area (Å²) in [5.41, 5.74) is 1.25. The molecule has 2 nitrogen and oxygen atoms in total. The van der Waals surface area contributed by atoms with Crippen LogP contribution in [0.15, 0.2) is 36.7 Å². The highest BCUT2D eigenvalue weighted by Gasteiger charge is 1.99. The number of methoxy groups -OCH3 is 1. The largest absolute Gasteiger partial charge is 0.384 e. The minimum absolute atomic E-state index is 0.746. The minimum atomic E-state index is 0.746. The van der Waals surface area contributed by atoms with Gasteiger partial charge in [0.15, 0.2) is 0 Å². The zero-order valence-corrected chi connectivity index (χ0v) is 8.23. The molecule has 2 aromatic rings. The molecule has 2 heteroatoms. The highest BCUT2D eigenvalue weighted by molar-refractivity contribution is 5.84. The number of rotatable bonds is 3. The van der Waals surface area contributed by atoms with Gasteiger partial charge in [-0.25, -0.2) is 0 Å². The van der Waals surface area contributed by atoms with E-state index in [2.05, 4.69) is 23.2 Å². The number of benzene rings is 1. The number of hydrogen-bond acceptors (Lipinski definition) is 2. The molecule has 0 spiro atoms. The Balaban J connectivity index is 2.43. The normalized spacial score (nSPS) is 10.6. The van der Waals surface area contributed by atoms with Crippen LogP contribution in [0.5, 0.6) is 0 Å². The van der Waals surface area contributed by atoms with Crippen LogP contribution in [-0.4, -0.2) is 18.7 Å². The Labute approximate surface area is 83.5 Å². The maximum absolute atomic E-state index is 5.07. The van der Waals surface area contributed by atoms with Gasteiger partial charge in [0.1, 0.15) is 0 Å². The molecule has 2 rings (SSSR count). The van der Waals surface area contributed by atoms with Gasteiger partial charge in [-0.05, 0) is 17.4 Å². The molecule has 1 aromatic carbocycles. The van der Waals surface area contributed by atoms with E-state index in [0.29, 0.717) is 0 Å². The summed E-state index contributed by atoms with van der Waals surface area (Å²) in [5.74, 6) is 0. The van der Waals surface area contributed by atoms with Gasteiger partial charge >= 0.3 is 0 Å². The van der Waals surface area contributed by atoms with E-state index in [0.717, 1.165) is 13.0 Å². The molecule has 0 radical (unpaired) electrons. The molecule has 0 aliphatic rings. The lowest BCUT2D eigenvalue weighted by molar-refractivity contribution is 0.202.